The predicted molar refractivity (Wildman–Crippen MR) is 162 cm³/mol. The molecular weight excluding hydrogens is 717 g/mol. The number of fused-ring (bicyclic) bond motifs is 2. The van der Waals surface area contributed by atoms with Crippen molar-refractivity contribution >= 4 is 98.1 Å². The van der Waals surface area contributed by atoms with Crippen LogP contribution >= 0.6 is 23.2 Å². The molecule has 0 spiro atoms. The van der Waals surface area contributed by atoms with Crippen LogP contribution in [0.25, 0.3) is 21.5 Å². The molecule has 0 fully saturated rings. The fourth-order valence-corrected chi connectivity index (χ4v) is 6.62. The second kappa shape index (κ2) is 11.7. The summed E-state index contributed by atoms with van der Waals surface area (Å²) < 4.78 is 100. The number of benzene rings is 4. The lowest BCUT2D eigenvalue weighted by Crippen LogP contribution is -2.04. The van der Waals surface area contributed by atoms with Crippen molar-refractivity contribution in [2.24, 2.45) is 10.3 Å². The third kappa shape index (κ3) is 6.70. The van der Waals surface area contributed by atoms with Crippen LogP contribution in [0.3, 0.4) is 0 Å². The zero-order chi connectivity index (χ0) is 33.8. The minimum Gasteiger partial charge on any atom is -0.506 e. The summed E-state index contributed by atoms with van der Waals surface area (Å²) >= 11 is 11.6. The van der Waals surface area contributed by atoms with Crippen molar-refractivity contribution in [3.63, 3.8) is 0 Å². The molecule has 46 heavy (non-hydrogen) atoms. The average Bonchev–Trinajstić information content (AvgIpc) is 2.92. The molecule has 0 atom stereocenters. The molecule has 0 bridgehead atoms. The van der Waals surface area contributed by atoms with Gasteiger partial charge in [0.15, 0.2) is 0 Å². The van der Waals surface area contributed by atoms with Crippen LogP contribution in [0.4, 0.5) is 23.0 Å². The highest BCUT2D eigenvalue weighted by Gasteiger charge is 2.23. The summed E-state index contributed by atoms with van der Waals surface area (Å²) in [7, 11) is -14.9. The Balaban J connectivity index is 1.58. The monoisotopic (exact) mass is 731 g/mol. The van der Waals surface area contributed by atoms with E-state index in [2.05, 4.69) is 36.0 Å². The van der Waals surface area contributed by atoms with Gasteiger partial charge < -0.3 is 15.5 Å². The molecule has 23 heteroatoms. The fourth-order valence-electron chi connectivity index (χ4n) is 4.21. The maximum atomic E-state index is 12.1. The van der Waals surface area contributed by atoms with Crippen LogP contribution in [-0.4, -0.2) is 64.1 Å². The first kappa shape index (κ1) is 32.9. The molecule has 0 unspecified atom stereocenters. The van der Waals surface area contributed by atoms with E-state index < -0.39 is 61.9 Å². The van der Waals surface area contributed by atoms with E-state index in [1.54, 1.807) is 0 Å². The molecule has 0 aliphatic rings. The Kier molecular flexibility index (Phi) is 8.37. The smallest absolute Gasteiger partial charge is 0.295 e. The molecule has 1 aromatic heterocycles. The van der Waals surface area contributed by atoms with Crippen LogP contribution in [0.1, 0.15) is 0 Å². The highest BCUT2D eigenvalue weighted by molar-refractivity contribution is 7.87. The Morgan fingerprint density at radius 1 is 0.674 bits per heavy atom. The van der Waals surface area contributed by atoms with E-state index in [9.17, 15) is 49.1 Å². The highest BCUT2D eigenvalue weighted by Crippen LogP contribution is 2.42. The molecule has 5 rings (SSSR count). The molecule has 0 amide bonds. The quantitative estimate of drug-likeness (QED) is 0.0500. The van der Waals surface area contributed by atoms with Crippen LogP contribution in [-0.2, 0) is 30.4 Å². The Labute approximate surface area is 267 Å². The van der Waals surface area contributed by atoms with Crippen LogP contribution in [0.2, 0.25) is 10.6 Å². The number of nitrogens with zero attached hydrogens (tertiary/aromatic N) is 5. The van der Waals surface area contributed by atoms with E-state index in [1.807, 2.05) is 0 Å². The van der Waals surface area contributed by atoms with E-state index in [0.29, 0.717) is 12.1 Å². The zero-order valence-electron chi connectivity index (χ0n) is 22.0. The molecule has 0 saturated heterocycles. The van der Waals surface area contributed by atoms with Gasteiger partial charge in [-0.3, -0.25) is 19.1 Å². The number of aromatic nitrogens is 3. The van der Waals surface area contributed by atoms with Gasteiger partial charge in [-0.25, -0.2) is 0 Å². The van der Waals surface area contributed by atoms with Crippen LogP contribution in [0, 0.1) is 0 Å². The van der Waals surface area contributed by atoms with Gasteiger partial charge in [-0.1, -0.05) is 11.3 Å². The summed E-state index contributed by atoms with van der Waals surface area (Å²) in [5, 5.41) is 30.2. The van der Waals surface area contributed by atoms with E-state index in [0.717, 1.165) is 18.2 Å². The van der Waals surface area contributed by atoms with Crippen molar-refractivity contribution in [2.45, 2.75) is 14.7 Å². The summed E-state index contributed by atoms with van der Waals surface area (Å²) in [5.41, 5.74) is 1.87. The Morgan fingerprint density at radius 2 is 1.28 bits per heavy atom. The minimum atomic E-state index is -5.02. The standard InChI is InChI=1S/C23H15Cl2N7O11S3/c24-21-27-22(25)29-23(28-21)26-9-1-2-12-13(5-9)18(46(41,42)43)8-16(33)19(12)31-32-30-15-4-3-11-14(20(15)34)6-10(44(35,36)37)7-17(11)45(38,39)40/h1-8,33-34H,(H,30,31)(H,35,36,37)(H,38,39,40)(H,41,42,43)(H,26,27,28,29). The van der Waals surface area contributed by atoms with Gasteiger partial charge in [0.1, 0.15) is 32.7 Å². The molecule has 0 saturated carbocycles. The van der Waals surface area contributed by atoms with E-state index in [-0.39, 0.29) is 49.7 Å². The number of hydrogen-bond donors (Lipinski definition) is 7. The van der Waals surface area contributed by atoms with Crippen molar-refractivity contribution < 1.29 is 49.1 Å². The fraction of sp³-hybridized carbons (Fsp3) is 0. The van der Waals surface area contributed by atoms with Gasteiger partial charge in [0.2, 0.25) is 16.5 Å². The van der Waals surface area contributed by atoms with Crippen LogP contribution in [0.15, 0.2) is 73.6 Å². The largest absolute Gasteiger partial charge is 0.506 e. The molecule has 240 valence electrons. The lowest BCUT2D eigenvalue weighted by molar-refractivity contribution is 0.468. The number of rotatable bonds is 8. The van der Waals surface area contributed by atoms with Crippen molar-refractivity contribution in [3.05, 3.63) is 59.1 Å². The van der Waals surface area contributed by atoms with Gasteiger partial charge in [-0.05, 0) is 59.6 Å². The van der Waals surface area contributed by atoms with Crippen molar-refractivity contribution in [1.82, 2.24) is 15.0 Å². The number of nitrogens with one attached hydrogen (secondary N) is 2. The lowest BCUT2D eigenvalue weighted by atomic mass is 10.1. The SMILES string of the molecule is O=S(=O)(O)c1cc(S(=O)(=O)O)c2ccc(NN=Nc3c(O)cc(S(=O)(=O)O)c4cc(Nc5nc(Cl)nc(Cl)n5)ccc34)c(O)c2c1. The second-order valence-electron chi connectivity index (χ2n) is 9.04. The number of hydrogen-bond acceptors (Lipinski definition) is 14. The first-order chi connectivity index (χ1) is 21.3. The molecule has 0 aliphatic heterocycles. The summed E-state index contributed by atoms with van der Waals surface area (Å²) in [6.07, 6.45) is 0. The number of phenols is 2. The molecule has 0 radical (unpaired) electrons. The highest BCUT2D eigenvalue weighted by atomic mass is 35.5. The summed E-state index contributed by atoms with van der Waals surface area (Å²) in [6.45, 7) is 0. The summed E-state index contributed by atoms with van der Waals surface area (Å²) in [6, 6.07) is 8.05. The van der Waals surface area contributed by atoms with E-state index in [4.69, 9.17) is 23.2 Å². The van der Waals surface area contributed by atoms with Crippen LogP contribution in [0.5, 0.6) is 11.5 Å². The van der Waals surface area contributed by atoms with E-state index in [1.165, 1.54) is 18.2 Å². The Morgan fingerprint density at radius 3 is 1.89 bits per heavy atom. The first-order valence-corrected chi connectivity index (χ1v) is 16.9. The van der Waals surface area contributed by atoms with Crippen LogP contribution < -0.4 is 10.7 Å². The maximum absolute atomic E-state index is 12.1. The first-order valence-electron chi connectivity index (χ1n) is 11.9. The zero-order valence-corrected chi connectivity index (χ0v) is 26.0. The van der Waals surface area contributed by atoms with Gasteiger partial charge in [-0.2, -0.15) is 40.2 Å². The van der Waals surface area contributed by atoms with Crippen molar-refractivity contribution in [2.75, 3.05) is 10.7 Å². The second-order valence-corrected chi connectivity index (χ2v) is 13.9. The van der Waals surface area contributed by atoms with Crippen molar-refractivity contribution in [3.8, 4) is 11.5 Å². The van der Waals surface area contributed by atoms with Gasteiger partial charge in [-0.15, -0.1) is 5.11 Å². The molecule has 18 nitrogen and oxygen atoms in total. The van der Waals surface area contributed by atoms with E-state index >= 15 is 0 Å². The summed E-state index contributed by atoms with van der Waals surface area (Å²) in [5.74, 6) is -1.64. The van der Waals surface area contributed by atoms with Crippen molar-refractivity contribution in [1.29, 1.82) is 0 Å². The molecular formula is C23H15Cl2N7O11S3. The average molecular weight is 733 g/mol. The summed E-state index contributed by atoms with van der Waals surface area (Å²) in [4.78, 5) is 8.69. The molecule has 5 aromatic rings. The lowest BCUT2D eigenvalue weighted by Gasteiger charge is -2.12. The molecule has 0 aliphatic carbocycles. The Hall–Kier alpha value is -4.48. The predicted octanol–water partition coefficient (Wildman–Crippen LogP) is 4.49. The molecule has 4 aromatic carbocycles. The minimum absolute atomic E-state index is 0.0474. The van der Waals surface area contributed by atoms with Gasteiger partial charge in [0.05, 0.1) is 4.90 Å². The normalized spacial score (nSPS) is 12.6. The Bertz CT molecular complexity index is 2440. The molecule has 7 N–H and O–H groups in total. The topological polar surface area (TPSA) is 291 Å². The third-order valence-corrected chi connectivity index (χ3v) is 9.06. The van der Waals surface area contributed by atoms with Gasteiger partial charge in [0, 0.05) is 33.3 Å². The number of phenolic OH excluding ortho intramolecular Hbond substituents is 2. The van der Waals surface area contributed by atoms with Gasteiger partial charge >= 0.3 is 0 Å². The maximum Gasteiger partial charge on any atom is 0.295 e. The number of anilines is 3. The molecule has 1 heterocycles. The number of aromatic hydroxyl groups is 2. The third-order valence-electron chi connectivity index (χ3n) is 6.10. The number of halogens is 2. The van der Waals surface area contributed by atoms with Gasteiger partial charge in [0.25, 0.3) is 30.4 Å².